The Morgan fingerprint density at radius 3 is 2.50 bits per heavy atom. The summed E-state index contributed by atoms with van der Waals surface area (Å²) in [6.07, 6.45) is -2.80. The van der Waals surface area contributed by atoms with Crippen LogP contribution in [0.1, 0.15) is 19.8 Å². The first-order valence-electron chi connectivity index (χ1n) is 3.78. The molecule has 0 fully saturated rings. The molecule has 0 rings (SSSR count). The molecular formula is C7H13F2NO2. The van der Waals surface area contributed by atoms with Gasteiger partial charge in [-0.3, -0.25) is 4.79 Å². The number of carbonyl (C=O) groups is 1. The quantitative estimate of drug-likeness (QED) is 0.642. The molecule has 1 atom stereocenters. The van der Waals surface area contributed by atoms with Crippen molar-refractivity contribution in [3.05, 3.63) is 0 Å². The van der Waals surface area contributed by atoms with Gasteiger partial charge in [-0.2, -0.15) is 0 Å². The highest BCUT2D eigenvalue weighted by Crippen LogP contribution is 2.05. The molecule has 0 saturated carbocycles. The molecule has 0 aromatic carbocycles. The third-order valence-electron chi connectivity index (χ3n) is 1.29. The van der Waals surface area contributed by atoms with E-state index in [1.54, 1.807) is 6.92 Å². The standard InChI is InChI=1S/C7H13F2NO2/c1-2-12-7(11)5(10)3-4-6(8)9/h5-6H,2-4,10H2,1H3/t5-/m0/s1. The topological polar surface area (TPSA) is 52.3 Å². The van der Waals surface area contributed by atoms with Crippen LogP contribution in [0.25, 0.3) is 0 Å². The van der Waals surface area contributed by atoms with Crippen LogP contribution in [0.5, 0.6) is 0 Å². The molecule has 2 N–H and O–H groups in total. The molecule has 5 heteroatoms. The van der Waals surface area contributed by atoms with Crippen LogP contribution in [0.2, 0.25) is 0 Å². The molecule has 72 valence electrons. The van der Waals surface area contributed by atoms with E-state index < -0.39 is 18.4 Å². The highest BCUT2D eigenvalue weighted by atomic mass is 19.3. The summed E-state index contributed by atoms with van der Waals surface area (Å²) in [5.41, 5.74) is 5.24. The number of alkyl halides is 2. The summed E-state index contributed by atoms with van der Waals surface area (Å²) in [6, 6.07) is -0.918. The molecule has 0 aliphatic rings. The van der Waals surface area contributed by atoms with Gasteiger partial charge in [0, 0.05) is 6.42 Å². The van der Waals surface area contributed by atoms with E-state index in [-0.39, 0.29) is 19.4 Å². The SMILES string of the molecule is CCOC(=O)[C@@H](N)CCC(F)F. The number of ether oxygens (including phenoxy) is 1. The van der Waals surface area contributed by atoms with Crippen molar-refractivity contribution in [1.29, 1.82) is 0 Å². The van der Waals surface area contributed by atoms with Gasteiger partial charge in [0.15, 0.2) is 0 Å². The van der Waals surface area contributed by atoms with E-state index in [0.717, 1.165) is 0 Å². The summed E-state index contributed by atoms with van der Waals surface area (Å²) in [4.78, 5) is 10.8. The first-order valence-corrected chi connectivity index (χ1v) is 3.78. The van der Waals surface area contributed by atoms with E-state index in [9.17, 15) is 13.6 Å². The average Bonchev–Trinajstić information content (AvgIpc) is 2.00. The second-order valence-electron chi connectivity index (χ2n) is 2.33. The minimum Gasteiger partial charge on any atom is -0.465 e. The van der Waals surface area contributed by atoms with Crippen molar-refractivity contribution in [2.24, 2.45) is 5.73 Å². The lowest BCUT2D eigenvalue weighted by molar-refractivity contribution is -0.144. The smallest absolute Gasteiger partial charge is 0.322 e. The minimum absolute atomic E-state index is 0.0312. The third kappa shape index (κ3) is 5.01. The Labute approximate surface area is 69.9 Å². The number of carbonyl (C=O) groups excluding carboxylic acids is 1. The van der Waals surface area contributed by atoms with E-state index in [4.69, 9.17) is 5.73 Å². The number of hydrogen-bond donors (Lipinski definition) is 1. The first-order chi connectivity index (χ1) is 5.57. The maximum absolute atomic E-state index is 11.6. The van der Waals surface area contributed by atoms with Crippen LogP contribution in [0.4, 0.5) is 8.78 Å². The third-order valence-corrected chi connectivity index (χ3v) is 1.29. The molecular weight excluding hydrogens is 168 g/mol. The molecule has 3 nitrogen and oxygen atoms in total. The van der Waals surface area contributed by atoms with Gasteiger partial charge in [-0.05, 0) is 13.3 Å². The Morgan fingerprint density at radius 1 is 1.50 bits per heavy atom. The summed E-state index contributed by atoms with van der Waals surface area (Å²) < 4.78 is 27.8. The lowest BCUT2D eigenvalue weighted by Crippen LogP contribution is -2.32. The van der Waals surface area contributed by atoms with Gasteiger partial charge in [-0.25, -0.2) is 8.78 Å². The Hall–Kier alpha value is -0.710. The number of rotatable bonds is 5. The number of hydrogen-bond acceptors (Lipinski definition) is 3. The second kappa shape index (κ2) is 5.88. The van der Waals surface area contributed by atoms with Crippen molar-refractivity contribution in [2.75, 3.05) is 6.61 Å². The maximum Gasteiger partial charge on any atom is 0.322 e. The fourth-order valence-corrected chi connectivity index (χ4v) is 0.673. The Kier molecular flexibility index (Phi) is 5.53. The van der Waals surface area contributed by atoms with Gasteiger partial charge < -0.3 is 10.5 Å². The zero-order chi connectivity index (χ0) is 9.56. The monoisotopic (exact) mass is 181 g/mol. The predicted octanol–water partition coefficient (Wildman–Crippen LogP) is 0.922. The first kappa shape index (κ1) is 11.3. The average molecular weight is 181 g/mol. The largest absolute Gasteiger partial charge is 0.465 e. The van der Waals surface area contributed by atoms with Gasteiger partial charge >= 0.3 is 5.97 Å². The molecule has 0 amide bonds. The van der Waals surface area contributed by atoms with E-state index in [0.29, 0.717) is 0 Å². The van der Waals surface area contributed by atoms with Crippen LogP contribution in [0.3, 0.4) is 0 Å². The Bertz CT molecular complexity index is 141. The van der Waals surface area contributed by atoms with Gasteiger partial charge in [-0.1, -0.05) is 0 Å². The fourth-order valence-electron chi connectivity index (χ4n) is 0.673. The molecule has 0 heterocycles. The molecule has 0 bridgehead atoms. The van der Waals surface area contributed by atoms with E-state index in [1.165, 1.54) is 0 Å². The van der Waals surface area contributed by atoms with Crippen molar-refractivity contribution < 1.29 is 18.3 Å². The number of esters is 1. The van der Waals surface area contributed by atoms with Crippen LogP contribution in [0.15, 0.2) is 0 Å². The Balaban J connectivity index is 3.56. The summed E-state index contributed by atoms with van der Waals surface area (Å²) in [7, 11) is 0. The van der Waals surface area contributed by atoms with E-state index in [2.05, 4.69) is 4.74 Å². The van der Waals surface area contributed by atoms with Crippen molar-refractivity contribution in [3.8, 4) is 0 Å². The minimum atomic E-state index is -2.41. The lowest BCUT2D eigenvalue weighted by atomic mass is 10.2. The summed E-state index contributed by atoms with van der Waals surface area (Å²) in [6.45, 7) is 1.86. The zero-order valence-corrected chi connectivity index (χ0v) is 6.93. The number of halogens is 2. The highest BCUT2D eigenvalue weighted by Gasteiger charge is 2.16. The summed E-state index contributed by atoms with van der Waals surface area (Å²) >= 11 is 0. The highest BCUT2D eigenvalue weighted by molar-refractivity contribution is 5.75. The molecule has 0 unspecified atom stereocenters. The van der Waals surface area contributed by atoms with Crippen LogP contribution < -0.4 is 5.73 Å². The van der Waals surface area contributed by atoms with Gasteiger partial charge in [-0.15, -0.1) is 0 Å². The molecule has 12 heavy (non-hydrogen) atoms. The number of nitrogens with two attached hydrogens (primary N) is 1. The van der Waals surface area contributed by atoms with Crippen LogP contribution in [-0.2, 0) is 9.53 Å². The fraction of sp³-hybridized carbons (Fsp3) is 0.857. The summed E-state index contributed by atoms with van der Waals surface area (Å²) in [5, 5.41) is 0. The van der Waals surface area contributed by atoms with Gasteiger partial charge in [0.05, 0.1) is 6.61 Å². The van der Waals surface area contributed by atoms with Crippen molar-refractivity contribution >= 4 is 5.97 Å². The van der Waals surface area contributed by atoms with Crippen molar-refractivity contribution in [3.63, 3.8) is 0 Å². The van der Waals surface area contributed by atoms with Crippen LogP contribution in [0, 0.1) is 0 Å². The van der Waals surface area contributed by atoms with Gasteiger partial charge in [0.25, 0.3) is 0 Å². The second-order valence-corrected chi connectivity index (χ2v) is 2.33. The van der Waals surface area contributed by atoms with Crippen LogP contribution in [-0.4, -0.2) is 25.0 Å². The van der Waals surface area contributed by atoms with E-state index in [1.807, 2.05) is 0 Å². The molecule has 0 aromatic heterocycles. The molecule has 0 radical (unpaired) electrons. The summed E-state index contributed by atoms with van der Waals surface area (Å²) in [5.74, 6) is -0.613. The normalized spacial score (nSPS) is 13.1. The van der Waals surface area contributed by atoms with Crippen molar-refractivity contribution in [1.82, 2.24) is 0 Å². The Morgan fingerprint density at radius 2 is 2.08 bits per heavy atom. The van der Waals surface area contributed by atoms with E-state index >= 15 is 0 Å². The molecule has 0 aliphatic carbocycles. The van der Waals surface area contributed by atoms with Gasteiger partial charge in [0.1, 0.15) is 6.04 Å². The predicted molar refractivity (Wildman–Crippen MR) is 39.8 cm³/mol. The molecule has 0 spiro atoms. The van der Waals surface area contributed by atoms with Crippen molar-refractivity contribution in [2.45, 2.75) is 32.2 Å². The van der Waals surface area contributed by atoms with Gasteiger partial charge in [0.2, 0.25) is 6.43 Å². The van der Waals surface area contributed by atoms with Crippen LogP contribution >= 0.6 is 0 Å². The lowest BCUT2D eigenvalue weighted by Gasteiger charge is -2.09. The molecule has 0 saturated heterocycles. The molecule has 0 aromatic rings. The zero-order valence-electron chi connectivity index (χ0n) is 6.93. The maximum atomic E-state index is 11.6. The molecule has 0 aliphatic heterocycles.